The highest BCUT2D eigenvalue weighted by atomic mass is 19.1. The van der Waals surface area contributed by atoms with Crippen molar-refractivity contribution < 1.29 is 9.13 Å². The first kappa shape index (κ1) is 21.7. The molecule has 1 aromatic heterocycles. The van der Waals surface area contributed by atoms with Crippen LogP contribution in [-0.2, 0) is 11.3 Å². The summed E-state index contributed by atoms with van der Waals surface area (Å²) in [6.07, 6.45) is 4.61. The van der Waals surface area contributed by atoms with Gasteiger partial charge in [-0.15, -0.1) is 0 Å². The van der Waals surface area contributed by atoms with Crippen molar-refractivity contribution in [2.45, 2.75) is 78.7 Å². The van der Waals surface area contributed by atoms with Crippen LogP contribution in [0.3, 0.4) is 0 Å². The molecule has 29 heavy (non-hydrogen) atoms. The SMILES string of the molecule is Cc1cc(C(F)=Cc2ccc(CN(C(C)C)C(C)C)cc2)nn1C1CCCCO1. The van der Waals surface area contributed by atoms with Crippen molar-refractivity contribution in [1.82, 2.24) is 14.7 Å². The summed E-state index contributed by atoms with van der Waals surface area (Å²) in [5.74, 6) is -0.318. The van der Waals surface area contributed by atoms with Crippen LogP contribution in [0.5, 0.6) is 0 Å². The average molecular weight is 400 g/mol. The van der Waals surface area contributed by atoms with Crippen molar-refractivity contribution in [1.29, 1.82) is 0 Å². The average Bonchev–Trinajstić information content (AvgIpc) is 3.09. The standard InChI is InChI=1S/C24H34FN3O/c1-17(2)27(18(3)4)16-21-11-9-20(10-12-21)15-22(25)23-14-19(5)28(26-23)24-8-6-7-13-29-24/h9-12,14-15,17-18,24H,6-8,13,16H2,1-5H3. The third kappa shape index (κ3) is 5.55. The lowest BCUT2D eigenvalue weighted by molar-refractivity contribution is -0.0407. The van der Waals surface area contributed by atoms with Gasteiger partial charge in [0.15, 0.2) is 5.83 Å². The molecule has 0 N–H and O–H groups in total. The van der Waals surface area contributed by atoms with Crippen LogP contribution in [0.2, 0.25) is 0 Å². The zero-order chi connectivity index (χ0) is 21.0. The van der Waals surface area contributed by atoms with Gasteiger partial charge in [0.2, 0.25) is 0 Å². The molecule has 1 aliphatic rings. The smallest absolute Gasteiger partial charge is 0.151 e. The fraction of sp³-hybridized carbons (Fsp3) is 0.542. The molecular formula is C24H34FN3O. The van der Waals surface area contributed by atoms with Crippen molar-refractivity contribution in [2.75, 3.05) is 6.61 Å². The maximum absolute atomic E-state index is 14.8. The normalized spacial score (nSPS) is 18.2. The quantitative estimate of drug-likeness (QED) is 0.574. The predicted molar refractivity (Wildman–Crippen MR) is 117 cm³/mol. The molecule has 158 valence electrons. The molecule has 1 atom stereocenters. The minimum Gasteiger partial charge on any atom is -0.357 e. The zero-order valence-corrected chi connectivity index (χ0v) is 18.4. The Kier molecular flexibility index (Phi) is 7.25. The Bertz CT molecular complexity index is 809. The number of rotatable bonds is 7. The second kappa shape index (κ2) is 9.68. The topological polar surface area (TPSA) is 30.3 Å². The first-order valence-corrected chi connectivity index (χ1v) is 10.7. The highest BCUT2D eigenvalue weighted by Crippen LogP contribution is 2.26. The van der Waals surface area contributed by atoms with Gasteiger partial charge in [0.25, 0.3) is 0 Å². The molecule has 1 saturated heterocycles. The zero-order valence-electron chi connectivity index (χ0n) is 18.4. The number of benzene rings is 1. The molecule has 3 rings (SSSR count). The van der Waals surface area contributed by atoms with Crippen LogP contribution in [0, 0.1) is 6.92 Å². The van der Waals surface area contributed by atoms with Gasteiger partial charge >= 0.3 is 0 Å². The highest BCUT2D eigenvalue weighted by Gasteiger charge is 2.20. The maximum Gasteiger partial charge on any atom is 0.151 e. The van der Waals surface area contributed by atoms with E-state index in [2.05, 4.69) is 49.8 Å². The van der Waals surface area contributed by atoms with Gasteiger partial charge < -0.3 is 4.74 Å². The van der Waals surface area contributed by atoms with Crippen LogP contribution in [-0.4, -0.2) is 33.4 Å². The highest BCUT2D eigenvalue weighted by molar-refractivity contribution is 5.75. The van der Waals surface area contributed by atoms with E-state index in [9.17, 15) is 4.39 Å². The van der Waals surface area contributed by atoms with Crippen molar-refractivity contribution in [3.05, 3.63) is 52.8 Å². The summed E-state index contributed by atoms with van der Waals surface area (Å²) in [6, 6.07) is 10.9. The van der Waals surface area contributed by atoms with Gasteiger partial charge in [-0.25, -0.2) is 9.07 Å². The summed E-state index contributed by atoms with van der Waals surface area (Å²) in [4.78, 5) is 2.44. The van der Waals surface area contributed by atoms with E-state index in [1.54, 1.807) is 12.1 Å². The Morgan fingerprint density at radius 3 is 2.48 bits per heavy atom. The van der Waals surface area contributed by atoms with Crippen molar-refractivity contribution >= 4 is 11.9 Å². The molecule has 0 bridgehead atoms. The number of nitrogens with zero attached hydrogens (tertiary/aromatic N) is 3. The molecule has 2 heterocycles. The lowest BCUT2D eigenvalue weighted by Gasteiger charge is -2.30. The number of aryl methyl sites for hydroxylation is 1. The van der Waals surface area contributed by atoms with E-state index >= 15 is 0 Å². The van der Waals surface area contributed by atoms with Crippen molar-refractivity contribution in [3.8, 4) is 0 Å². The number of ether oxygens (including phenoxy) is 1. The minimum absolute atomic E-state index is 0.0746. The number of hydrogen-bond donors (Lipinski definition) is 0. The Hall–Kier alpha value is -1.98. The van der Waals surface area contributed by atoms with Gasteiger partial charge in [0, 0.05) is 30.9 Å². The molecule has 4 nitrogen and oxygen atoms in total. The second-order valence-electron chi connectivity index (χ2n) is 8.53. The van der Waals surface area contributed by atoms with Gasteiger partial charge in [-0.3, -0.25) is 4.90 Å². The Balaban J connectivity index is 1.71. The lowest BCUT2D eigenvalue weighted by atomic mass is 10.1. The van der Waals surface area contributed by atoms with E-state index < -0.39 is 0 Å². The van der Waals surface area contributed by atoms with Crippen LogP contribution in [0.1, 0.15) is 75.7 Å². The molecule has 1 unspecified atom stereocenters. The summed E-state index contributed by atoms with van der Waals surface area (Å²) in [7, 11) is 0. The molecule has 0 radical (unpaired) electrons. The van der Waals surface area contributed by atoms with Gasteiger partial charge in [-0.1, -0.05) is 24.3 Å². The van der Waals surface area contributed by atoms with E-state index in [0.717, 1.165) is 43.7 Å². The largest absolute Gasteiger partial charge is 0.357 e. The van der Waals surface area contributed by atoms with Crippen LogP contribution < -0.4 is 0 Å². The first-order valence-electron chi connectivity index (χ1n) is 10.7. The van der Waals surface area contributed by atoms with Gasteiger partial charge in [0.1, 0.15) is 11.9 Å². The molecule has 0 saturated carbocycles. The third-order valence-corrected chi connectivity index (χ3v) is 5.56. The van der Waals surface area contributed by atoms with Crippen LogP contribution in [0.15, 0.2) is 30.3 Å². The molecule has 0 spiro atoms. The second-order valence-corrected chi connectivity index (χ2v) is 8.53. The van der Waals surface area contributed by atoms with E-state index in [-0.39, 0.29) is 12.1 Å². The molecule has 1 fully saturated rings. The Morgan fingerprint density at radius 1 is 1.21 bits per heavy atom. The van der Waals surface area contributed by atoms with E-state index in [1.807, 2.05) is 23.7 Å². The number of halogens is 1. The number of aromatic nitrogens is 2. The fourth-order valence-electron chi connectivity index (χ4n) is 3.92. The lowest BCUT2D eigenvalue weighted by Crippen LogP contribution is -2.36. The Morgan fingerprint density at radius 2 is 1.90 bits per heavy atom. The van der Waals surface area contributed by atoms with E-state index in [4.69, 9.17) is 4.74 Å². The summed E-state index contributed by atoms with van der Waals surface area (Å²) in [5.41, 5.74) is 3.37. The summed E-state index contributed by atoms with van der Waals surface area (Å²) >= 11 is 0. The monoisotopic (exact) mass is 399 g/mol. The van der Waals surface area contributed by atoms with Crippen LogP contribution in [0.4, 0.5) is 4.39 Å². The maximum atomic E-state index is 14.8. The molecule has 0 aliphatic carbocycles. The van der Waals surface area contributed by atoms with E-state index in [1.165, 1.54) is 5.56 Å². The van der Waals surface area contributed by atoms with Crippen LogP contribution in [0.25, 0.3) is 11.9 Å². The Labute approximate surface area is 174 Å². The summed E-state index contributed by atoms with van der Waals surface area (Å²) < 4.78 is 22.4. The van der Waals surface area contributed by atoms with Gasteiger partial charge in [-0.2, -0.15) is 5.10 Å². The fourth-order valence-corrected chi connectivity index (χ4v) is 3.92. The molecule has 2 aromatic rings. The van der Waals surface area contributed by atoms with Crippen molar-refractivity contribution in [2.24, 2.45) is 0 Å². The van der Waals surface area contributed by atoms with Gasteiger partial charge in [-0.05, 0) is 77.2 Å². The van der Waals surface area contributed by atoms with Crippen LogP contribution >= 0.6 is 0 Å². The molecular weight excluding hydrogens is 365 g/mol. The van der Waals surface area contributed by atoms with E-state index in [0.29, 0.717) is 17.8 Å². The third-order valence-electron chi connectivity index (χ3n) is 5.56. The predicted octanol–water partition coefficient (Wildman–Crippen LogP) is 5.98. The summed E-state index contributed by atoms with van der Waals surface area (Å²) in [6.45, 7) is 12.4. The molecule has 5 heteroatoms. The summed E-state index contributed by atoms with van der Waals surface area (Å²) in [5, 5.41) is 4.47. The van der Waals surface area contributed by atoms with Crippen molar-refractivity contribution in [3.63, 3.8) is 0 Å². The molecule has 1 aliphatic heterocycles. The minimum atomic E-state index is -0.318. The first-order chi connectivity index (χ1) is 13.8. The molecule has 0 amide bonds. The molecule has 1 aromatic carbocycles. The number of hydrogen-bond acceptors (Lipinski definition) is 3. The van der Waals surface area contributed by atoms with Gasteiger partial charge in [0.05, 0.1) is 0 Å².